The molecule has 8 nitrogen and oxygen atoms in total. The Labute approximate surface area is 182 Å². The van der Waals surface area contributed by atoms with Gasteiger partial charge in [-0.15, -0.1) is 10.2 Å². The van der Waals surface area contributed by atoms with Crippen molar-refractivity contribution in [3.05, 3.63) is 65.9 Å². The zero-order valence-corrected chi connectivity index (χ0v) is 17.5. The van der Waals surface area contributed by atoms with E-state index < -0.39 is 0 Å². The van der Waals surface area contributed by atoms with E-state index in [1.54, 1.807) is 32.4 Å². The number of aryl methyl sites for hydroxylation is 1. The van der Waals surface area contributed by atoms with E-state index in [2.05, 4.69) is 27.1 Å². The topological polar surface area (TPSA) is 111 Å². The molecule has 2 aromatic carbocycles. The molecule has 0 aliphatic carbocycles. The Morgan fingerprint density at radius 1 is 1.06 bits per heavy atom. The molecule has 2 aromatic heterocycles. The fraction of sp³-hybridized carbons (Fsp3) is 0.174. The summed E-state index contributed by atoms with van der Waals surface area (Å²) in [4.78, 5) is 22.5. The predicted octanol–water partition coefficient (Wildman–Crippen LogP) is 4.20. The number of nitrogens with two attached hydrogens (primary N) is 1. The van der Waals surface area contributed by atoms with Crippen LogP contribution in [0.5, 0.6) is 0 Å². The highest BCUT2D eigenvalue weighted by Gasteiger charge is 2.18. The molecule has 0 unspecified atom stereocenters. The van der Waals surface area contributed by atoms with Gasteiger partial charge in [-0.25, -0.2) is 9.97 Å². The smallest absolute Gasteiger partial charge is 0.270 e. The van der Waals surface area contributed by atoms with Crippen LogP contribution < -0.4 is 5.73 Å². The second-order valence-electron chi connectivity index (χ2n) is 7.19. The number of rotatable bonds is 5. The molecule has 2 heterocycles. The monoisotopic (exact) mass is 418 g/mol. The van der Waals surface area contributed by atoms with Gasteiger partial charge < -0.3 is 15.1 Å². The van der Waals surface area contributed by atoms with Crippen LogP contribution >= 0.6 is 0 Å². The minimum atomic E-state index is -0.0682. The van der Waals surface area contributed by atoms with Crippen molar-refractivity contribution in [2.24, 2.45) is 0 Å². The number of nitrogen functional groups attached to an aromatic ring is 1. The fourth-order valence-corrected chi connectivity index (χ4v) is 3.20. The van der Waals surface area contributed by atoms with Gasteiger partial charge in [-0.2, -0.15) is 0 Å². The molecule has 160 valence electrons. The largest absolute Gasteiger partial charge is 0.414 e. The molecule has 0 aliphatic heterocycles. The van der Waals surface area contributed by atoms with Crippen molar-refractivity contribution < 1.29 is 12.1 Å². The van der Waals surface area contributed by atoms with Crippen LogP contribution in [0.25, 0.3) is 34.3 Å². The van der Waals surface area contributed by atoms with Crippen molar-refractivity contribution in [3.63, 3.8) is 0 Å². The molecule has 0 saturated heterocycles. The highest BCUT2D eigenvalue weighted by atomic mass is 16.4. The molecule has 0 atom stereocenters. The van der Waals surface area contributed by atoms with Crippen LogP contribution in [0.2, 0.25) is 0 Å². The number of hydrogen-bond acceptors (Lipinski definition) is 7. The minimum Gasteiger partial charge on any atom is -0.414 e. The first-order valence-electron chi connectivity index (χ1n) is 9.84. The number of carbonyl (C=O) groups excluding carboxylic acids is 1. The van der Waals surface area contributed by atoms with Gasteiger partial charge in [0, 0.05) is 33.6 Å². The molecule has 4 aromatic rings. The third kappa shape index (κ3) is 4.00. The van der Waals surface area contributed by atoms with E-state index in [0.29, 0.717) is 22.8 Å². The molecule has 0 spiro atoms. The lowest BCUT2D eigenvalue weighted by atomic mass is 10.1. The van der Waals surface area contributed by atoms with Crippen LogP contribution in [0.3, 0.4) is 0 Å². The molecule has 8 heteroatoms. The van der Waals surface area contributed by atoms with Crippen LogP contribution in [-0.2, 0) is 6.42 Å². The van der Waals surface area contributed by atoms with Gasteiger partial charge in [0.15, 0.2) is 11.5 Å². The SMILES string of the molecule is CCc1ccccc1-c1nnc(-c2nc(-c3ccc(C(=O)N(C)C)cc3)cnc2N)o1.[HH].[HH]. The van der Waals surface area contributed by atoms with E-state index in [1.807, 2.05) is 36.4 Å². The Bertz CT molecular complexity index is 1240. The molecule has 0 aliphatic rings. The maximum absolute atomic E-state index is 12.1. The summed E-state index contributed by atoms with van der Waals surface area (Å²) in [5, 5.41) is 8.32. The summed E-state index contributed by atoms with van der Waals surface area (Å²) in [7, 11) is 3.43. The summed E-state index contributed by atoms with van der Waals surface area (Å²) in [6.07, 6.45) is 2.42. The first-order chi connectivity index (χ1) is 15.0. The van der Waals surface area contributed by atoms with Gasteiger partial charge in [0.25, 0.3) is 11.8 Å². The van der Waals surface area contributed by atoms with Crippen LogP contribution in [0.1, 0.15) is 25.7 Å². The number of hydrogen-bond donors (Lipinski definition) is 1. The summed E-state index contributed by atoms with van der Waals surface area (Å²) < 4.78 is 5.89. The quantitative estimate of drug-likeness (QED) is 0.517. The molecular weight excluding hydrogens is 392 g/mol. The summed E-state index contributed by atoms with van der Waals surface area (Å²) in [5.41, 5.74) is 10.3. The summed E-state index contributed by atoms with van der Waals surface area (Å²) in [6, 6.07) is 15.0. The van der Waals surface area contributed by atoms with Gasteiger partial charge in [0.2, 0.25) is 5.89 Å². The molecule has 31 heavy (non-hydrogen) atoms. The Morgan fingerprint density at radius 3 is 2.48 bits per heavy atom. The standard InChI is InChI=1S/C23H22N6O2.2H2/c1-4-14-7-5-6-8-17(14)21-27-28-22(31-21)19-20(24)25-13-18(26-19)15-9-11-16(12-10-15)23(30)29(2)3;;/h5-13H,4H2,1-3H3,(H2,24,25);2*1H. The van der Waals surface area contributed by atoms with Crippen molar-refractivity contribution in [2.75, 3.05) is 19.8 Å². The third-order valence-electron chi connectivity index (χ3n) is 4.89. The average molecular weight is 419 g/mol. The summed E-state index contributed by atoms with van der Waals surface area (Å²) >= 11 is 0. The third-order valence-corrected chi connectivity index (χ3v) is 4.89. The van der Waals surface area contributed by atoms with Crippen LogP contribution in [0, 0.1) is 0 Å². The molecule has 0 bridgehead atoms. The zero-order chi connectivity index (χ0) is 22.0. The number of amides is 1. The van der Waals surface area contributed by atoms with Gasteiger partial charge in [0.1, 0.15) is 0 Å². The Kier molecular flexibility index (Phi) is 5.44. The van der Waals surface area contributed by atoms with Crippen LogP contribution in [-0.4, -0.2) is 45.1 Å². The lowest BCUT2D eigenvalue weighted by molar-refractivity contribution is 0.0827. The van der Waals surface area contributed by atoms with Crippen molar-refractivity contribution in [1.29, 1.82) is 0 Å². The molecule has 0 radical (unpaired) electrons. The molecule has 0 fully saturated rings. The zero-order valence-electron chi connectivity index (χ0n) is 17.5. The first kappa shape index (κ1) is 20.2. The van der Waals surface area contributed by atoms with Crippen LogP contribution in [0.15, 0.2) is 59.1 Å². The highest BCUT2D eigenvalue weighted by molar-refractivity contribution is 5.94. The normalized spacial score (nSPS) is 10.8. The Hall–Kier alpha value is -4.07. The molecular formula is C23H26N6O2. The highest BCUT2D eigenvalue weighted by Crippen LogP contribution is 2.29. The van der Waals surface area contributed by atoms with Gasteiger partial charge in [0.05, 0.1) is 11.9 Å². The van der Waals surface area contributed by atoms with E-state index in [-0.39, 0.29) is 20.5 Å². The second-order valence-corrected chi connectivity index (χ2v) is 7.19. The van der Waals surface area contributed by atoms with Gasteiger partial charge in [-0.05, 0) is 30.2 Å². The lowest BCUT2D eigenvalue weighted by Gasteiger charge is -2.10. The summed E-state index contributed by atoms with van der Waals surface area (Å²) in [5.74, 6) is 0.737. The van der Waals surface area contributed by atoms with Crippen molar-refractivity contribution >= 4 is 11.7 Å². The van der Waals surface area contributed by atoms with E-state index in [0.717, 1.165) is 23.1 Å². The van der Waals surface area contributed by atoms with Crippen molar-refractivity contribution in [2.45, 2.75) is 13.3 Å². The number of aromatic nitrogens is 4. The van der Waals surface area contributed by atoms with E-state index in [4.69, 9.17) is 10.2 Å². The maximum Gasteiger partial charge on any atom is 0.270 e. The van der Waals surface area contributed by atoms with Crippen molar-refractivity contribution in [1.82, 2.24) is 25.1 Å². The van der Waals surface area contributed by atoms with Crippen molar-refractivity contribution in [3.8, 4) is 34.3 Å². The van der Waals surface area contributed by atoms with E-state index in [1.165, 1.54) is 4.90 Å². The van der Waals surface area contributed by atoms with E-state index >= 15 is 0 Å². The van der Waals surface area contributed by atoms with Gasteiger partial charge in [-0.1, -0.05) is 37.3 Å². The molecule has 0 saturated carbocycles. The lowest BCUT2D eigenvalue weighted by Crippen LogP contribution is -2.21. The minimum absolute atomic E-state index is 0. The molecule has 1 amide bonds. The molecule has 2 N–H and O–H groups in total. The Balaban J connectivity index is 0.00000193. The van der Waals surface area contributed by atoms with Gasteiger partial charge in [-0.3, -0.25) is 4.79 Å². The van der Waals surface area contributed by atoms with Gasteiger partial charge >= 0.3 is 0 Å². The first-order valence-corrected chi connectivity index (χ1v) is 9.84. The van der Waals surface area contributed by atoms with Crippen LogP contribution in [0.4, 0.5) is 5.82 Å². The van der Waals surface area contributed by atoms with E-state index in [9.17, 15) is 4.79 Å². The predicted molar refractivity (Wildman–Crippen MR) is 122 cm³/mol. The fourth-order valence-electron chi connectivity index (χ4n) is 3.20. The second kappa shape index (κ2) is 8.35. The average Bonchev–Trinajstić information content (AvgIpc) is 3.29. The summed E-state index contributed by atoms with van der Waals surface area (Å²) in [6.45, 7) is 2.07. The number of nitrogens with zero attached hydrogens (tertiary/aromatic N) is 5. The Morgan fingerprint density at radius 2 is 1.77 bits per heavy atom. The number of carbonyl (C=O) groups is 1. The number of anilines is 1. The number of benzene rings is 2. The molecule has 4 rings (SSSR count). The maximum atomic E-state index is 12.1.